The van der Waals surface area contributed by atoms with Crippen LogP contribution in [0.1, 0.15) is 46.5 Å². The summed E-state index contributed by atoms with van der Waals surface area (Å²) in [5.41, 5.74) is 0.152. The van der Waals surface area contributed by atoms with Crippen molar-refractivity contribution in [1.82, 2.24) is 0 Å². The maximum Gasteiger partial charge on any atom is 0.348 e. The first-order chi connectivity index (χ1) is 13.2. The van der Waals surface area contributed by atoms with Gasteiger partial charge in [0.25, 0.3) is 0 Å². The minimum atomic E-state index is -1.18. The molecule has 154 valence electrons. The van der Waals surface area contributed by atoms with Crippen molar-refractivity contribution in [2.24, 2.45) is 17.8 Å². The standard InChI is InChI=1S/C20H26O8/c1-9(2)17(21)25-10(3)18(22)26-11(4)19(23)28-16-13-5-12-6-14(8-13)20(24)27-15(16)7-12/h10-16H,1,5-8H2,2-4H3. The summed E-state index contributed by atoms with van der Waals surface area (Å²) in [6, 6.07) is 0. The second-order valence-electron chi connectivity index (χ2n) is 8.05. The van der Waals surface area contributed by atoms with Gasteiger partial charge in [-0.3, -0.25) is 4.79 Å². The summed E-state index contributed by atoms with van der Waals surface area (Å²) in [5, 5.41) is 0. The van der Waals surface area contributed by atoms with Crippen LogP contribution in [0.2, 0.25) is 0 Å². The van der Waals surface area contributed by atoms with Crippen molar-refractivity contribution in [3.63, 3.8) is 0 Å². The van der Waals surface area contributed by atoms with E-state index < -0.39 is 42.3 Å². The minimum Gasteiger partial charge on any atom is -0.458 e. The van der Waals surface area contributed by atoms with Gasteiger partial charge in [0.15, 0.2) is 12.2 Å². The SMILES string of the molecule is C=C(C)C(=O)OC(C)C(=O)OC(C)C(=O)OC1C2CC3CC(C2)C(=O)OC1C3. The van der Waals surface area contributed by atoms with E-state index in [1.807, 2.05) is 0 Å². The summed E-state index contributed by atoms with van der Waals surface area (Å²) in [6.45, 7) is 7.64. The van der Waals surface area contributed by atoms with Crippen molar-refractivity contribution >= 4 is 23.9 Å². The van der Waals surface area contributed by atoms with E-state index in [2.05, 4.69) is 6.58 Å². The highest BCUT2D eigenvalue weighted by Crippen LogP contribution is 2.48. The monoisotopic (exact) mass is 394 g/mol. The first-order valence-corrected chi connectivity index (χ1v) is 9.63. The molecule has 8 heteroatoms. The number of carbonyl (C=O) groups excluding carboxylic acids is 4. The molecule has 4 fully saturated rings. The molecule has 8 nitrogen and oxygen atoms in total. The van der Waals surface area contributed by atoms with Gasteiger partial charge in [-0.05, 0) is 52.4 Å². The molecule has 7 unspecified atom stereocenters. The van der Waals surface area contributed by atoms with Gasteiger partial charge >= 0.3 is 23.9 Å². The molecule has 0 radical (unpaired) electrons. The van der Waals surface area contributed by atoms with Crippen molar-refractivity contribution in [3.05, 3.63) is 12.2 Å². The predicted molar refractivity (Wildman–Crippen MR) is 94.6 cm³/mol. The molecule has 0 aromatic carbocycles. The van der Waals surface area contributed by atoms with E-state index in [1.165, 1.54) is 20.8 Å². The number of rotatable bonds is 6. The summed E-state index contributed by atoms with van der Waals surface area (Å²) in [6.07, 6.45) is -0.198. The van der Waals surface area contributed by atoms with Gasteiger partial charge in [0.05, 0.1) is 5.92 Å². The van der Waals surface area contributed by atoms with Crippen LogP contribution in [-0.4, -0.2) is 48.3 Å². The largest absolute Gasteiger partial charge is 0.458 e. The van der Waals surface area contributed by atoms with Crippen LogP contribution in [0.5, 0.6) is 0 Å². The van der Waals surface area contributed by atoms with E-state index >= 15 is 0 Å². The van der Waals surface area contributed by atoms with E-state index in [0.29, 0.717) is 18.8 Å². The fourth-order valence-corrected chi connectivity index (χ4v) is 4.29. The molecular formula is C20H26O8. The summed E-state index contributed by atoms with van der Waals surface area (Å²) in [7, 11) is 0. The summed E-state index contributed by atoms with van der Waals surface area (Å²) in [5.74, 6) is -2.09. The van der Waals surface area contributed by atoms with E-state index in [0.717, 1.165) is 12.8 Å². The second kappa shape index (κ2) is 7.93. The Morgan fingerprint density at radius 1 is 1.04 bits per heavy atom. The fraction of sp³-hybridized carbons (Fsp3) is 0.700. The number of fused-ring (bicyclic) bond motifs is 1. The Labute approximate surface area is 163 Å². The molecule has 0 aromatic heterocycles. The number of esters is 4. The van der Waals surface area contributed by atoms with Crippen molar-refractivity contribution in [2.75, 3.05) is 0 Å². The zero-order chi connectivity index (χ0) is 20.6. The summed E-state index contributed by atoms with van der Waals surface area (Å²) in [4.78, 5) is 48.1. The van der Waals surface area contributed by atoms with Crippen molar-refractivity contribution in [1.29, 1.82) is 0 Å². The lowest BCUT2D eigenvalue weighted by Crippen LogP contribution is -2.47. The van der Waals surface area contributed by atoms with Gasteiger partial charge in [-0.1, -0.05) is 6.58 Å². The number of hydrogen-bond donors (Lipinski definition) is 0. The summed E-state index contributed by atoms with van der Waals surface area (Å²) < 4.78 is 21.1. The molecule has 28 heavy (non-hydrogen) atoms. The van der Waals surface area contributed by atoms with Gasteiger partial charge in [0.1, 0.15) is 12.2 Å². The van der Waals surface area contributed by atoms with Gasteiger partial charge in [-0.25, -0.2) is 14.4 Å². The van der Waals surface area contributed by atoms with Crippen molar-refractivity contribution < 1.29 is 38.1 Å². The Bertz CT molecular complexity index is 698. The van der Waals surface area contributed by atoms with Crippen LogP contribution in [0.4, 0.5) is 0 Å². The van der Waals surface area contributed by atoms with E-state index in [1.54, 1.807) is 0 Å². The normalized spacial score (nSPS) is 32.5. The molecule has 4 bridgehead atoms. The highest BCUT2D eigenvalue weighted by Gasteiger charge is 2.52. The van der Waals surface area contributed by atoms with Crippen LogP contribution in [0.15, 0.2) is 12.2 Å². The van der Waals surface area contributed by atoms with Crippen LogP contribution in [0, 0.1) is 17.8 Å². The molecular weight excluding hydrogens is 368 g/mol. The van der Waals surface area contributed by atoms with Gasteiger partial charge in [0.2, 0.25) is 0 Å². The van der Waals surface area contributed by atoms with Gasteiger partial charge in [-0.2, -0.15) is 0 Å². The van der Waals surface area contributed by atoms with E-state index in [9.17, 15) is 19.2 Å². The molecule has 7 atom stereocenters. The molecule has 0 N–H and O–H groups in total. The summed E-state index contributed by atoms with van der Waals surface area (Å²) >= 11 is 0. The van der Waals surface area contributed by atoms with Crippen molar-refractivity contribution in [3.8, 4) is 0 Å². The third-order valence-electron chi connectivity index (χ3n) is 5.68. The van der Waals surface area contributed by atoms with E-state index in [-0.39, 0.29) is 23.4 Å². The van der Waals surface area contributed by atoms with Crippen LogP contribution in [0.3, 0.4) is 0 Å². The van der Waals surface area contributed by atoms with Crippen LogP contribution in [-0.2, 0) is 38.1 Å². The minimum absolute atomic E-state index is 0.0799. The zero-order valence-corrected chi connectivity index (χ0v) is 16.3. The number of ether oxygens (including phenoxy) is 4. The van der Waals surface area contributed by atoms with Crippen LogP contribution >= 0.6 is 0 Å². The molecule has 0 spiro atoms. The average molecular weight is 394 g/mol. The lowest BCUT2D eigenvalue weighted by molar-refractivity contribution is -0.187. The topological polar surface area (TPSA) is 105 Å². The zero-order valence-electron chi connectivity index (χ0n) is 16.3. The molecule has 2 aliphatic carbocycles. The number of hydrogen-bond acceptors (Lipinski definition) is 8. The van der Waals surface area contributed by atoms with E-state index in [4.69, 9.17) is 18.9 Å². The quantitative estimate of drug-likeness (QED) is 0.381. The second-order valence-corrected chi connectivity index (χ2v) is 8.05. The third kappa shape index (κ3) is 4.20. The van der Waals surface area contributed by atoms with Crippen molar-refractivity contribution in [2.45, 2.75) is 70.9 Å². The Kier molecular flexibility index (Phi) is 5.76. The van der Waals surface area contributed by atoms with Gasteiger partial charge in [0, 0.05) is 11.5 Å². The molecule has 0 amide bonds. The third-order valence-corrected chi connectivity index (χ3v) is 5.68. The predicted octanol–water partition coefficient (Wildman–Crippen LogP) is 1.70. The van der Waals surface area contributed by atoms with Gasteiger partial charge < -0.3 is 18.9 Å². The molecule has 0 aromatic rings. The first kappa shape index (κ1) is 20.4. The lowest BCUT2D eigenvalue weighted by Gasteiger charge is -2.41. The number of carbonyl (C=O) groups is 4. The Morgan fingerprint density at radius 3 is 2.39 bits per heavy atom. The lowest BCUT2D eigenvalue weighted by atomic mass is 9.67. The van der Waals surface area contributed by atoms with Gasteiger partial charge in [-0.15, -0.1) is 0 Å². The average Bonchev–Trinajstić information content (AvgIpc) is 2.78. The Hall–Kier alpha value is -2.38. The Morgan fingerprint density at radius 2 is 1.71 bits per heavy atom. The Balaban J connectivity index is 1.55. The molecule has 2 saturated carbocycles. The fourth-order valence-electron chi connectivity index (χ4n) is 4.29. The van der Waals surface area contributed by atoms with Crippen LogP contribution in [0.25, 0.3) is 0 Å². The first-order valence-electron chi connectivity index (χ1n) is 9.63. The molecule has 2 heterocycles. The highest BCUT2D eigenvalue weighted by atomic mass is 16.6. The maximum absolute atomic E-state index is 12.5. The maximum atomic E-state index is 12.5. The smallest absolute Gasteiger partial charge is 0.348 e. The molecule has 4 aliphatic rings. The molecule has 4 rings (SSSR count). The van der Waals surface area contributed by atoms with Crippen LogP contribution < -0.4 is 0 Å². The molecule has 2 aliphatic heterocycles. The molecule has 2 saturated heterocycles. The highest BCUT2D eigenvalue weighted by molar-refractivity contribution is 5.89.